The Morgan fingerprint density at radius 2 is 1.71 bits per heavy atom. The third-order valence-corrected chi connectivity index (χ3v) is 5.42. The number of para-hydroxylation sites is 1. The zero-order chi connectivity index (χ0) is 21.4. The molecule has 3 aromatic carbocycles. The number of pyridine rings is 1. The van der Waals surface area contributed by atoms with Gasteiger partial charge in [0.15, 0.2) is 0 Å². The Morgan fingerprint density at radius 1 is 0.968 bits per heavy atom. The Morgan fingerprint density at radius 3 is 2.48 bits per heavy atom. The van der Waals surface area contributed by atoms with Gasteiger partial charge in [-0.25, -0.2) is 9.37 Å². The number of rotatable bonds is 4. The van der Waals surface area contributed by atoms with E-state index in [9.17, 15) is 9.18 Å². The van der Waals surface area contributed by atoms with Crippen molar-refractivity contribution >= 4 is 27.7 Å². The fourth-order valence-electron chi connectivity index (χ4n) is 3.76. The van der Waals surface area contributed by atoms with Crippen LogP contribution in [0.2, 0.25) is 0 Å². The van der Waals surface area contributed by atoms with Gasteiger partial charge in [0, 0.05) is 28.4 Å². The second-order valence-electron chi connectivity index (χ2n) is 7.62. The van der Waals surface area contributed by atoms with E-state index in [0.717, 1.165) is 44.2 Å². The summed E-state index contributed by atoms with van der Waals surface area (Å²) in [6, 6.07) is 24.0. The standard InChI is InChI=1S/C26H20FN3O/c1-16-6-10-18(11-7-16)24-25-21(20-4-2-3-5-22(20)29-25)14-23(30-24)26(31)28-15-17-8-12-19(27)13-9-17/h2-14,29H,15H2,1H3,(H,28,31). The first-order valence-electron chi connectivity index (χ1n) is 10.1. The van der Waals surface area contributed by atoms with Gasteiger partial charge < -0.3 is 10.3 Å². The number of nitrogens with zero attached hydrogens (tertiary/aromatic N) is 1. The highest BCUT2D eigenvalue weighted by atomic mass is 19.1. The SMILES string of the molecule is Cc1ccc(-c2nc(C(=O)NCc3ccc(F)cc3)cc3c2[nH]c2ccccc23)cc1. The molecule has 2 N–H and O–H groups in total. The van der Waals surface area contributed by atoms with Gasteiger partial charge in [0.2, 0.25) is 0 Å². The predicted molar refractivity (Wildman–Crippen MR) is 121 cm³/mol. The third kappa shape index (κ3) is 3.66. The summed E-state index contributed by atoms with van der Waals surface area (Å²) in [5.41, 5.74) is 5.90. The molecule has 0 saturated heterocycles. The number of aryl methyl sites for hydroxylation is 1. The van der Waals surface area contributed by atoms with Crippen LogP contribution in [-0.4, -0.2) is 15.9 Å². The van der Waals surface area contributed by atoms with E-state index < -0.39 is 0 Å². The number of carbonyl (C=O) groups excluding carboxylic acids is 1. The average Bonchev–Trinajstić information content (AvgIpc) is 3.17. The van der Waals surface area contributed by atoms with Crippen LogP contribution < -0.4 is 5.32 Å². The molecule has 0 saturated carbocycles. The van der Waals surface area contributed by atoms with Crippen molar-refractivity contribution in [1.82, 2.24) is 15.3 Å². The van der Waals surface area contributed by atoms with Gasteiger partial charge in [0.1, 0.15) is 11.5 Å². The van der Waals surface area contributed by atoms with Crippen LogP contribution in [0.5, 0.6) is 0 Å². The number of benzene rings is 3. The summed E-state index contributed by atoms with van der Waals surface area (Å²) in [6.07, 6.45) is 0. The highest BCUT2D eigenvalue weighted by molar-refractivity contribution is 6.13. The van der Waals surface area contributed by atoms with E-state index in [-0.39, 0.29) is 11.7 Å². The highest BCUT2D eigenvalue weighted by Gasteiger charge is 2.17. The summed E-state index contributed by atoms with van der Waals surface area (Å²) in [7, 11) is 0. The van der Waals surface area contributed by atoms with E-state index in [1.807, 2.05) is 61.5 Å². The van der Waals surface area contributed by atoms with Crippen LogP contribution in [0.3, 0.4) is 0 Å². The maximum absolute atomic E-state index is 13.1. The number of aromatic nitrogens is 2. The van der Waals surface area contributed by atoms with Gasteiger partial charge in [-0.1, -0.05) is 60.2 Å². The number of H-pyrrole nitrogens is 1. The first-order valence-corrected chi connectivity index (χ1v) is 10.1. The van der Waals surface area contributed by atoms with Gasteiger partial charge in [-0.2, -0.15) is 0 Å². The minimum atomic E-state index is -0.302. The van der Waals surface area contributed by atoms with Crippen molar-refractivity contribution in [2.75, 3.05) is 0 Å². The lowest BCUT2D eigenvalue weighted by atomic mass is 10.0. The van der Waals surface area contributed by atoms with Crippen molar-refractivity contribution in [3.8, 4) is 11.3 Å². The number of fused-ring (bicyclic) bond motifs is 3. The monoisotopic (exact) mass is 409 g/mol. The predicted octanol–water partition coefficient (Wildman–Crippen LogP) is 5.76. The largest absolute Gasteiger partial charge is 0.353 e. The van der Waals surface area contributed by atoms with Crippen molar-refractivity contribution in [3.63, 3.8) is 0 Å². The number of amides is 1. The van der Waals surface area contributed by atoms with Crippen LogP contribution in [0.15, 0.2) is 78.9 Å². The molecule has 1 amide bonds. The van der Waals surface area contributed by atoms with Crippen molar-refractivity contribution < 1.29 is 9.18 Å². The first-order chi connectivity index (χ1) is 15.1. The van der Waals surface area contributed by atoms with Crippen molar-refractivity contribution in [1.29, 1.82) is 0 Å². The van der Waals surface area contributed by atoms with Crippen LogP contribution >= 0.6 is 0 Å². The molecule has 0 aliphatic heterocycles. The van der Waals surface area contributed by atoms with Crippen LogP contribution in [-0.2, 0) is 6.54 Å². The molecule has 0 atom stereocenters. The second kappa shape index (κ2) is 7.69. The lowest BCUT2D eigenvalue weighted by molar-refractivity contribution is 0.0946. The molecule has 0 aliphatic carbocycles. The minimum Gasteiger partial charge on any atom is -0.353 e. The molecule has 2 heterocycles. The smallest absolute Gasteiger partial charge is 0.270 e. The number of halogens is 1. The van der Waals surface area contributed by atoms with E-state index in [1.165, 1.54) is 12.1 Å². The van der Waals surface area contributed by atoms with Crippen molar-refractivity contribution in [2.45, 2.75) is 13.5 Å². The van der Waals surface area contributed by atoms with Crippen LogP contribution in [0.4, 0.5) is 4.39 Å². The van der Waals surface area contributed by atoms with E-state index >= 15 is 0 Å². The minimum absolute atomic E-state index is 0.273. The summed E-state index contributed by atoms with van der Waals surface area (Å²) in [4.78, 5) is 21.1. The van der Waals surface area contributed by atoms with Gasteiger partial charge in [0.25, 0.3) is 5.91 Å². The van der Waals surface area contributed by atoms with E-state index in [2.05, 4.69) is 10.3 Å². The quantitative estimate of drug-likeness (QED) is 0.396. The van der Waals surface area contributed by atoms with Crippen LogP contribution in [0, 0.1) is 12.7 Å². The lowest BCUT2D eigenvalue weighted by Crippen LogP contribution is -2.24. The van der Waals surface area contributed by atoms with E-state index in [0.29, 0.717) is 12.2 Å². The molecule has 0 radical (unpaired) electrons. The number of aromatic amines is 1. The Kier molecular flexibility index (Phi) is 4.71. The Balaban J connectivity index is 1.59. The molecule has 0 fully saturated rings. The van der Waals surface area contributed by atoms with Crippen LogP contribution in [0.1, 0.15) is 21.6 Å². The van der Waals surface area contributed by atoms with Crippen LogP contribution in [0.25, 0.3) is 33.1 Å². The maximum atomic E-state index is 13.1. The zero-order valence-electron chi connectivity index (χ0n) is 16.9. The summed E-state index contributed by atoms with van der Waals surface area (Å²) in [5, 5.41) is 4.89. The summed E-state index contributed by atoms with van der Waals surface area (Å²) in [5.74, 6) is -0.575. The molecule has 0 aliphatic rings. The van der Waals surface area contributed by atoms with Gasteiger partial charge >= 0.3 is 0 Å². The zero-order valence-corrected chi connectivity index (χ0v) is 16.9. The van der Waals surface area contributed by atoms with E-state index in [1.54, 1.807) is 12.1 Å². The fourth-order valence-corrected chi connectivity index (χ4v) is 3.76. The fraction of sp³-hybridized carbons (Fsp3) is 0.0769. The van der Waals surface area contributed by atoms with Gasteiger partial charge in [-0.05, 0) is 36.8 Å². The molecule has 5 heteroatoms. The molecule has 0 bridgehead atoms. The molecule has 0 unspecified atom stereocenters. The summed E-state index contributed by atoms with van der Waals surface area (Å²) < 4.78 is 13.1. The van der Waals surface area contributed by atoms with E-state index in [4.69, 9.17) is 4.98 Å². The molecule has 4 nitrogen and oxygen atoms in total. The van der Waals surface area contributed by atoms with Crippen molar-refractivity contribution in [3.05, 3.63) is 102 Å². The highest BCUT2D eigenvalue weighted by Crippen LogP contribution is 2.32. The molecule has 5 rings (SSSR count). The molecule has 0 spiro atoms. The van der Waals surface area contributed by atoms with Crippen molar-refractivity contribution in [2.24, 2.45) is 0 Å². The topological polar surface area (TPSA) is 57.8 Å². The maximum Gasteiger partial charge on any atom is 0.270 e. The second-order valence-corrected chi connectivity index (χ2v) is 7.62. The number of hydrogen-bond donors (Lipinski definition) is 2. The molecule has 31 heavy (non-hydrogen) atoms. The molecular formula is C26H20FN3O. The summed E-state index contributed by atoms with van der Waals surface area (Å²) in [6.45, 7) is 2.33. The Hall–Kier alpha value is -3.99. The normalized spacial score (nSPS) is 11.2. The molecular weight excluding hydrogens is 389 g/mol. The first kappa shape index (κ1) is 19.0. The average molecular weight is 409 g/mol. The summed E-state index contributed by atoms with van der Waals surface area (Å²) >= 11 is 0. The molecule has 5 aromatic rings. The number of nitrogens with one attached hydrogen (secondary N) is 2. The lowest BCUT2D eigenvalue weighted by Gasteiger charge is -2.09. The van der Waals surface area contributed by atoms with Gasteiger partial charge in [0.05, 0.1) is 11.2 Å². The van der Waals surface area contributed by atoms with Gasteiger partial charge in [-0.3, -0.25) is 4.79 Å². The third-order valence-electron chi connectivity index (χ3n) is 5.42. The number of carbonyl (C=O) groups is 1. The Bertz CT molecular complexity index is 1400. The van der Waals surface area contributed by atoms with Gasteiger partial charge in [-0.15, -0.1) is 0 Å². The number of hydrogen-bond acceptors (Lipinski definition) is 2. The molecule has 2 aromatic heterocycles. The Labute approximate surface area is 178 Å². The molecule has 152 valence electrons.